The first-order chi connectivity index (χ1) is 16.3. The molecule has 0 fully saturated rings. The van der Waals surface area contributed by atoms with Gasteiger partial charge in [-0.05, 0) is 36.8 Å². The summed E-state index contributed by atoms with van der Waals surface area (Å²) in [5.41, 5.74) is 6.32. The zero-order valence-electron chi connectivity index (χ0n) is 18.5. The van der Waals surface area contributed by atoms with Gasteiger partial charge in [-0.15, -0.1) is 0 Å². The van der Waals surface area contributed by atoms with Gasteiger partial charge in [-0.2, -0.15) is 10.2 Å². The number of nitro benzene ring substituents is 1. The number of carbonyl (C=O) groups excluding carboxylic acids is 2. The van der Waals surface area contributed by atoms with Crippen molar-refractivity contribution >= 4 is 35.5 Å². The largest absolute Gasteiger partial charge is 0.493 e. The van der Waals surface area contributed by atoms with Crippen LogP contribution in [0.4, 0.5) is 5.69 Å². The molecule has 2 aromatic rings. The maximum absolute atomic E-state index is 12.0. The Kier molecular flexibility index (Phi) is 7.54. The standard InChI is InChI=1S/C22H21N5O7/c1-13-17(22(29)26-24-13)8-14-4-6-16(7-5-14)34-12-21(28)25-23-11-15-9-19(32-2)20(33-3)10-18(15)27(30)31/h4-11H,12H2,1-3H3,(H,25,28)(H,26,29)/b17-8-,23-11+. The summed E-state index contributed by atoms with van der Waals surface area (Å²) >= 11 is 0. The number of nitrogens with zero attached hydrogens (tertiary/aromatic N) is 3. The maximum atomic E-state index is 12.0. The Morgan fingerprint density at radius 2 is 1.88 bits per heavy atom. The molecule has 34 heavy (non-hydrogen) atoms. The van der Waals surface area contributed by atoms with E-state index in [9.17, 15) is 19.7 Å². The number of rotatable bonds is 9. The quantitative estimate of drug-likeness (QED) is 0.247. The van der Waals surface area contributed by atoms with E-state index in [4.69, 9.17) is 14.2 Å². The highest BCUT2D eigenvalue weighted by Crippen LogP contribution is 2.33. The number of hydrazone groups is 2. The van der Waals surface area contributed by atoms with Gasteiger partial charge in [0.15, 0.2) is 18.1 Å². The minimum absolute atomic E-state index is 0.116. The van der Waals surface area contributed by atoms with Crippen LogP contribution in [-0.2, 0) is 9.59 Å². The average Bonchev–Trinajstić information content (AvgIpc) is 3.15. The number of hydrogen-bond donors (Lipinski definition) is 2. The molecule has 0 unspecified atom stereocenters. The van der Waals surface area contributed by atoms with E-state index >= 15 is 0 Å². The lowest BCUT2D eigenvalue weighted by molar-refractivity contribution is -0.385. The monoisotopic (exact) mass is 467 g/mol. The summed E-state index contributed by atoms with van der Waals surface area (Å²) in [4.78, 5) is 34.4. The third kappa shape index (κ3) is 5.73. The van der Waals surface area contributed by atoms with Crippen LogP contribution in [0, 0.1) is 10.1 Å². The summed E-state index contributed by atoms with van der Waals surface area (Å²) in [6, 6.07) is 9.34. The zero-order chi connectivity index (χ0) is 24.7. The molecule has 12 nitrogen and oxygen atoms in total. The molecule has 2 N–H and O–H groups in total. The third-order valence-corrected chi connectivity index (χ3v) is 4.64. The summed E-state index contributed by atoms with van der Waals surface area (Å²) in [5, 5.41) is 18.9. The summed E-state index contributed by atoms with van der Waals surface area (Å²) in [6.45, 7) is 1.39. The summed E-state index contributed by atoms with van der Waals surface area (Å²) in [7, 11) is 2.76. The van der Waals surface area contributed by atoms with Gasteiger partial charge in [-0.1, -0.05) is 12.1 Å². The first kappa shape index (κ1) is 23.9. The third-order valence-electron chi connectivity index (χ3n) is 4.64. The fraction of sp³-hybridized carbons (Fsp3) is 0.182. The molecule has 3 rings (SSSR count). The van der Waals surface area contributed by atoms with E-state index in [0.29, 0.717) is 17.0 Å². The van der Waals surface area contributed by atoms with Crippen molar-refractivity contribution in [1.29, 1.82) is 0 Å². The molecular weight excluding hydrogens is 446 g/mol. The predicted molar refractivity (Wildman–Crippen MR) is 123 cm³/mol. The highest BCUT2D eigenvalue weighted by Gasteiger charge is 2.19. The minimum atomic E-state index is -0.596. The SMILES string of the molecule is COc1cc(/C=N/NC(=O)COc2ccc(/C=C3\C(=O)NN=C3C)cc2)c([N+](=O)[O-])cc1OC. The first-order valence-electron chi connectivity index (χ1n) is 9.84. The van der Waals surface area contributed by atoms with Crippen LogP contribution in [0.5, 0.6) is 17.2 Å². The Hall–Kier alpha value is -4.74. The number of amides is 2. The van der Waals surface area contributed by atoms with Crippen LogP contribution in [0.3, 0.4) is 0 Å². The van der Waals surface area contributed by atoms with E-state index in [-0.39, 0.29) is 35.3 Å². The van der Waals surface area contributed by atoms with Gasteiger partial charge in [-0.25, -0.2) is 10.9 Å². The molecule has 2 aromatic carbocycles. The topological polar surface area (TPSA) is 154 Å². The van der Waals surface area contributed by atoms with Crippen molar-refractivity contribution in [3.63, 3.8) is 0 Å². The number of nitro groups is 1. The van der Waals surface area contributed by atoms with E-state index in [1.54, 1.807) is 37.3 Å². The normalized spacial score (nSPS) is 14.0. The molecule has 0 spiro atoms. The molecule has 0 saturated heterocycles. The van der Waals surface area contributed by atoms with E-state index in [1.165, 1.54) is 26.4 Å². The molecule has 0 bridgehead atoms. The Morgan fingerprint density at radius 1 is 1.21 bits per heavy atom. The van der Waals surface area contributed by atoms with Gasteiger partial charge in [0.2, 0.25) is 0 Å². The Bertz CT molecular complexity index is 1200. The van der Waals surface area contributed by atoms with E-state index in [0.717, 1.165) is 11.8 Å². The molecule has 0 aliphatic carbocycles. The van der Waals surface area contributed by atoms with E-state index in [1.807, 2.05) is 0 Å². The highest BCUT2D eigenvalue weighted by atomic mass is 16.6. The van der Waals surface area contributed by atoms with Crippen molar-refractivity contribution in [2.75, 3.05) is 20.8 Å². The van der Waals surface area contributed by atoms with Crippen LogP contribution in [-0.4, -0.2) is 49.5 Å². The number of benzene rings is 2. The van der Waals surface area contributed by atoms with Crippen molar-refractivity contribution in [1.82, 2.24) is 10.9 Å². The molecule has 0 saturated carbocycles. The first-order valence-corrected chi connectivity index (χ1v) is 9.84. The second-order valence-corrected chi connectivity index (χ2v) is 6.87. The molecule has 1 aliphatic rings. The van der Waals surface area contributed by atoms with Gasteiger partial charge >= 0.3 is 0 Å². The fourth-order valence-electron chi connectivity index (χ4n) is 2.92. The minimum Gasteiger partial charge on any atom is -0.493 e. The lowest BCUT2D eigenvalue weighted by atomic mass is 10.1. The Morgan fingerprint density at radius 3 is 2.47 bits per heavy atom. The second-order valence-electron chi connectivity index (χ2n) is 6.87. The molecular formula is C22H21N5O7. The van der Waals surface area contributed by atoms with Gasteiger partial charge in [0.05, 0.1) is 48.3 Å². The molecule has 176 valence electrons. The van der Waals surface area contributed by atoms with Gasteiger partial charge in [-0.3, -0.25) is 19.7 Å². The second kappa shape index (κ2) is 10.7. The molecule has 12 heteroatoms. The molecule has 2 amide bonds. The average molecular weight is 467 g/mol. The zero-order valence-corrected chi connectivity index (χ0v) is 18.5. The Balaban J connectivity index is 1.58. The van der Waals surface area contributed by atoms with E-state index in [2.05, 4.69) is 21.1 Å². The predicted octanol–water partition coefficient (Wildman–Crippen LogP) is 2.03. The number of nitrogens with one attached hydrogen (secondary N) is 2. The van der Waals surface area contributed by atoms with Gasteiger partial charge in [0.1, 0.15) is 5.75 Å². The number of hydrogen-bond acceptors (Lipinski definition) is 9. The van der Waals surface area contributed by atoms with Crippen LogP contribution >= 0.6 is 0 Å². The fourth-order valence-corrected chi connectivity index (χ4v) is 2.92. The van der Waals surface area contributed by atoms with Gasteiger partial charge < -0.3 is 14.2 Å². The van der Waals surface area contributed by atoms with Crippen molar-refractivity contribution in [2.45, 2.75) is 6.92 Å². The molecule has 0 radical (unpaired) electrons. The highest BCUT2D eigenvalue weighted by molar-refractivity contribution is 6.26. The molecule has 0 aromatic heterocycles. The molecule has 1 aliphatic heterocycles. The summed E-state index contributed by atoms with van der Waals surface area (Å²) in [6.07, 6.45) is 2.82. The van der Waals surface area contributed by atoms with Crippen LogP contribution in [0.2, 0.25) is 0 Å². The lowest BCUT2D eigenvalue weighted by Crippen LogP contribution is -2.24. The van der Waals surface area contributed by atoms with Crippen molar-refractivity contribution in [3.8, 4) is 17.2 Å². The van der Waals surface area contributed by atoms with Gasteiger partial charge in [0, 0.05) is 0 Å². The number of ether oxygens (including phenoxy) is 3. The number of methoxy groups -OCH3 is 2. The smallest absolute Gasteiger partial charge is 0.282 e. The Labute approximate surface area is 194 Å². The van der Waals surface area contributed by atoms with Crippen LogP contribution in [0.15, 0.2) is 52.2 Å². The van der Waals surface area contributed by atoms with Crippen molar-refractivity contribution < 1.29 is 28.7 Å². The number of carbonyl (C=O) groups is 2. The maximum Gasteiger partial charge on any atom is 0.282 e. The lowest BCUT2D eigenvalue weighted by Gasteiger charge is -2.08. The molecule has 1 heterocycles. The molecule has 0 atom stereocenters. The van der Waals surface area contributed by atoms with E-state index < -0.39 is 10.8 Å². The van der Waals surface area contributed by atoms with Gasteiger partial charge in [0.25, 0.3) is 17.5 Å². The summed E-state index contributed by atoms with van der Waals surface area (Å²) in [5.74, 6) is 0.0617. The summed E-state index contributed by atoms with van der Waals surface area (Å²) < 4.78 is 15.6. The van der Waals surface area contributed by atoms with Crippen LogP contribution in [0.1, 0.15) is 18.1 Å². The van der Waals surface area contributed by atoms with Crippen LogP contribution < -0.4 is 25.1 Å². The van der Waals surface area contributed by atoms with Crippen molar-refractivity contribution in [3.05, 3.63) is 63.2 Å². The van der Waals surface area contributed by atoms with Crippen LogP contribution in [0.25, 0.3) is 6.08 Å². The van der Waals surface area contributed by atoms with Crippen molar-refractivity contribution in [2.24, 2.45) is 10.2 Å².